The standard InChI is InChI=1S/C23H19F2N5O2/c24-16-1-3-17(4-2-16)27-23-26-14-15-7-8-30(21(15)28-23)18-5-6-19(20(25)13-18)22(31)29-9-11-32-12-10-29/h1-8,13-14H,9-12H2,(H,26,27,28). The van der Waals surface area contributed by atoms with Gasteiger partial charge in [-0.25, -0.2) is 13.8 Å². The lowest BCUT2D eigenvalue weighted by molar-refractivity contribution is 0.0300. The van der Waals surface area contributed by atoms with Gasteiger partial charge in [0, 0.05) is 42.2 Å². The minimum atomic E-state index is -0.598. The molecular formula is C23H19F2N5O2. The zero-order valence-corrected chi connectivity index (χ0v) is 17.0. The number of aromatic nitrogens is 3. The SMILES string of the molecule is O=C(c1ccc(-n2ccc3cnc(Nc4ccc(F)cc4)nc32)cc1F)N1CCOCC1. The highest BCUT2D eigenvalue weighted by Gasteiger charge is 2.22. The van der Waals surface area contributed by atoms with Crippen LogP contribution in [0.15, 0.2) is 60.9 Å². The van der Waals surface area contributed by atoms with E-state index in [0.29, 0.717) is 49.3 Å². The van der Waals surface area contributed by atoms with E-state index in [1.165, 1.54) is 24.3 Å². The highest BCUT2D eigenvalue weighted by Crippen LogP contribution is 2.23. The number of hydrogen-bond acceptors (Lipinski definition) is 5. The van der Waals surface area contributed by atoms with E-state index < -0.39 is 5.82 Å². The number of nitrogens with one attached hydrogen (secondary N) is 1. The molecule has 3 heterocycles. The van der Waals surface area contributed by atoms with Crippen LogP contribution in [-0.4, -0.2) is 51.6 Å². The number of benzene rings is 2. The van der Waals surface area contributed by atoms with E-state index in [1.807, 2.05) is 6.07 Å². The second kappa shape index (κ2) is 8.35. The first-order chi connectivity index (χ1) is 15.6. The van der Waals surface area contributed by atoms with Crippen molar-refractivity contribution in [3.05, 3.63) is 78.1 Å². The molecule has 0 unspecified atom stereocenters. The van der Waals surface area contributed by atoms with E-state index in [9.17, 15) is 13.6 Å². The van der Waals surface area contributed by atoms with Crippen molar-refractivity contribution in [2.24, 2.45) is 0 Å². The highest BCUT2D eigenvalue weighted by molar-refractivity contribution is 5.95. The quantitative estimate of drug-likeness (QED) is 0.526. The van der Waals surface area contributed by atoms with Crippen molar-refractivity contribution >= 4 is 28.6 Å². The average molecular weight is 435 g/mol. The monoisotopic (exact) mass is 435 g/mol. The predicted octanol–water partition coefficient (Wildman–Crippen LogP) is 3.91. The van der Waals surface area contributed by atoms with Gasteiger partial charge < -0.3 is 19.5 Å². The lowest BCUT2D eigenvalue weighted by Gasteiger charge is -2.27. The van der Waals surface area contributed by atoms with E-state index in [2.05, 4.69) is 15.3 Å². The Labute approximate surface area is 182 Å². The Morgan fingerprint density at radius 1 is 1.03 bits per heavy atom. The van der Waals surface area contributed by atoms with Crippen molar-refractivity contribution in [3.8, 4) is 5.69 Å². The summed E-state index contributed by atoms with van der Waals surface area (Å²) in [6.45, 7) is 1.80. The molecule has 1 saturated heterocycles. The van der Waals surface area contributed by atoms with E-state index in [4.69, 9.17) is 4.74 Å². The molecular weight excluding hydrogens is 416 g/mol. The van der Waals surface area contributed by atoms with Crippen LogP contribution in [0.3, 0.4) is 0 Å². The van der Waals surface area contributed by atoms with Crippen LogP contribution in [-0.2, 0) is 4.74 Å². The Kier molecular flexibility index (Phi) is 5.24. The fourth-order valence-corrected chi connectivity index (χ4v) is 3.61. The number of halogens is 2. The summed E-state index contributed by atoms with van der Waals surface area (Å²) in [6, 6.07) is 12.2. The number of carbonyl (C=O) groups is 1. The first-order valence-corrected chi connectivity index (χ1v) is 10.1. The number of morpholine rings is 1. The topological polar surface area (TPSA) is 72.3 Å². The smallest absolute Gasteiger partial charge is 0.256 e. The lowest BCUT2D eigenvalue weighted by Crippen LogP contribution is -2.41. The number of carbonyl (C=O) groups excluding carboxylic acids is 1. The summed E-state index contributed by atoms with van der Waals surface area (Å²) in [6.07, 6.45) is 3.41. The van der Waals surface area contributed by atoms with Crippen molar-refractivity contribution in [1.29, 1.82) is 0 Å². The maximum absolute atomic E-state index is 14.9. The molecule has 1 aliphatic heterocycles. The molecule has 7 nitrogen and oxygen atoms in total. The molecule has 1 aliphatic rings. The third-order valence-corrected chi connectivity index (χ3v) is 5.29. The summed E-state index contributed by atoms with van der Waals surface area (Å²) < 4.78 is 35.0. The van der Waals surface area contributed by atoms with Gasteiger partial charge in [0.15, 0.2) is 0 Å². The number of ether oxygens (including phenoxy) is 1. The fraction of sp³-hybridized carbons (Fsp3) is 0.174. The second-order valence-electron chi connectivity index (χ2n) is 7.36. The molecule has 2 aromatic heterocycles. The summed E-state index contributed by atoms with van der Waals surface area (Å²) in [5, 5.41) is 3.79. The molecule has 0 aliphatic carbocycles. The van der Waals surface area contributed by atoms with Crippen LogP contribution in [0.1, 0.15) is 10.4 Å². The Morgan fingerprint density at radius 3 is 2.56 bits per heavy atom. The Bertz CT molecular complexity index is 1280. The third-order valence-electron chi connectivity index (χ3n) is 5.29. The van der Waals surface area contributed by atoms with Crippen molar-refractivity contribution in [3.63, 3.8) is 0 Å². The van der Waals surface area contributed by atoms with Gasteiger partial charge in [-0.05, 0) is 48.5 Å². The Morgan fingerprint density at radius 2 is 1.81 bits per heavy atom. The van der Waals surface area contributed by atoms with Gasteiger partial charge in [0.25, 0.3) is 5.91 Å². The molecule has 0 atom stereocenters. The van der Waals surface area contributed by atoms with Gasteiger partial charge in [-0.3, -0.25) is 4.79 Å². The van der Waals surface area contributed by atoms with Crippen molar-refractivity contribution < 1.29 is 18.3 Å². The minimum absolute atomic E-state index is 0.0282. The van der Waals surface area contributed by atoms with Gasteiger partial charge in [-0.15, -0.1) is 0 Å². The largest absolute Gasteiger partial charge is 0.378 e. The van der Waals surface area contributed by atoms with Gasteiger partial charge in [-0.1, -0.05) is 0 Å². The number of fused-ring (bicyclic) bond motifs is 1. The summed E-state index contributed by atoms with van der Waals surface area (Å²) in [5.41, 5.74) is 1.76. The summed E-state index contributed by atoms with van der Waals surface area (Å²) in [7, 11) is 0. The molecule has 9 heteroatoms. The molecule has 0 radical (unpaired) electrons. The molecule has 1 fully saturated rings. The van der Waals surface area contributed by atoms with Crippen LogP contribution < -0.4 is 5.32 Å². The van der Waals surface area contributed by atoms with Crippen LogP contribution >= 0.6 is 0 Å². The van der Waals surface area contributed by atoms with Crippen LogP contribution in [0.2, 0.25) is 0 Å². The predicted molar refractivity (Wildman–Crippen MR) is 115 cm³/mol. The molecule has 1 N–H and O–H groups in total. The first kappa shape index (κ1) is 20.1. The van der Waals surface area contributed by atoms with E-state index >= 15 is 0 Å². The highest BCUT2D eigenvalue weighted by atomic mass is 19.1. The van der Waals surface area contributed by atoms with E-state index in [-0.39, 0.29) is 17.3 Å². The van der Waals surface area contributed by atoms with E-state index in [0.717, 1.165) is 5.39 Å². The number of rotatable bonds is 4. The number of anilines is 2. The molecule has 162 valence electrons. The molecule has 1 amide bonds. The summed E-state index contributed by atoms with van der Waals surface area (Å²) in [5.74, 6) is -0.954. The zero-order valence-electron chi connectivity index (χ0n) is 17.0. The molecule has 32 heavy (non-hydrogen) atoms. The molecule has 4 aromatic rings. The summed E-state index contributed by atoms with van der Waals surface area (Å²) >= 11 is 0. The van der Waals surface area contributed by atoms with Gasteiger partial charge in [0.1, 0.15) is 17.3 Å². The maximum Gasteiger partial charge on any atom is 0.256 e. The Balaban J connectivity index is 1.44. The molecule has 5 rings (SSSR count). The number of nitrogens with zero attached hydrogens (tertiary/aromatic N) is 4. The van der Waals surface area contributed by atoms with Gasteiger partial charge >= 0.3 is 0 Å². The second-order valence-corrected chi connectivity index (χ2v) is 7.36. The van der Waals surface area contributed by atoms with Crippen molar-refractivity contribution in [1.82, 2.24) is 19.4 Å². The zero-order chi connectivity index (χ0) is 22.1. The van der Waals surface area contributed by atoms with Crippen LogP contribution in [0.25, 0.3) is 16.7 Å². The number of hydrogen-bond donors (Lipinski definition) is 1. The lowest BCUT2D eigenvalue weighted by atomic mass is 10.1. The third kappa shape index (κ3) is 3.90. The van der Waals surface area contributed by atoms with Crippen LogP contribution in [0.5, 0.6) is 0 Å². The fourth-order valence-electron chi connectivity index (χ4n) is 3.61. The molecule has 0 saturated carbocycles. The van der Waals surface area contributed by atoms with Crippen LogP contribution in [0.4, 0.5) is 20.4 Å². The molecule has 2 aromatic carbocycles. The van der Waals surface area contributed by atoms with Gasteiger partial charge in [-0.2, -0.15) is 4.98 Å². The Hall–Kier alpha value is -3.85. The molecule has 0 bridgehead atoms. The maximum atomic E-state index is 14.9. The van der Waals surface area contributed by atoms with Crippen molar-refractivity contribution in [2.45, 2.75) is 0 Å². The number of amides is 1. The van der Waals surface area contributed by atoms with Crippen LogP contribution in [0, 0.1) is 11.6 Å². The summed E-state index contributed by atoms with van der Waals surface area (Å²) in [4.78, 5) is 23.0. The van der Waals surface area contributed by atoms with Gasteiger partial charge in [0.05, 0.1) is 18.8 Å². The van der Waals surface area contributed by atoms with Gasteiger partial charge in [0.2, 0.25) is 5.95 Å². The molecule has 0 spiro atoms. The van der Waals surface area contributed by atoms with Crippen molar-refractivity contribution in [2.75, 3.05) is 31.6 Å². The normalized spacial score (nSPS) is 14.0. The average Bonchev–Trinajstić information content (AvgIpc) is 3.24. The minimum Gasteiger partial charge on any atom is -0.378 e. The first-order valence-electron chi connectivity index (χ1n) is 10.1. The van der Waals surface area contributed by atoms with E-state index in [1.54, 1.807) is 40.1 Å².